The number of hydrogen-bond donors (Lipinski definition) is 1. The second-order valence-electron chi connectivity index (χ2n) is 8.29. The van der Waals surface area contributed by atoms with E-state index in [1.165, 1.54) is 12.0 Å². The number of likely N-dealkylation sites (tertiary alicyclic amines) is 1. The van der Waals surface area contributed by atoms with Gasteiger partial charge in [0.1, 0.15) is 0 Å². The van der Waals surface area contributed by atoms with Gasteiger partial charge in [0.05, 0.1) is 0 Å². The number of rotatable bonds is 5. The van der Waals surface area contributed by atoms with Gasteiger partial charge < -0.3 is 10.2 Å². The van der Waals surface area contributed by atoms with Crippen molar-refractivity contribution < 1.29 is 9.59 Å². The van der Waals surface area contributed by atoms with Crippen LogP contribution in [0.25, 0.3) is 0 Å². The summed E-state index contributed by atoms with van der Waals surface area (Å²) in [5.74, 6) is 0.189. The molecule has 0 aromatic heterocycles. The van der Waals surface area contributed by atoms with Gasteiger partial charge in [-0.25, -0.2) is 0 Å². The lowest BCUT2D eigenvalue weighted by Crippen LogP contribution is -2.48. The molecule has 2 aromatic carbocycles. The average Bonchev–Trinajstić information content (AvgIpc) is 2.74. The van der Waals surface area contributed by atoms with Crippen molar-refractivity contribution in [2.75, 3.05) is 19.6 Å². The van der Waals surface area contributed by atoms with E-state index in [-0.39, 0.29) is 23.1 Å². The highest BCUT2D eigenvalue weighted by Gasteiger charge is 2.39. The Hall–Kier alpha value is -2.14. The standard InChI is InChI=1S/C24H27BrN2O2/c25-21-9-7-19(8-10-21)23(29)27-15-11-18(12-16-27)22(28)26-17-24(13-4-14-24)20-5-2-1-3-6-20/h1-3,5-10,18H,4,11-17H2,(H,26,28). The zero-order chi connectivity index (χ0) is 20.3. The minimum atomic E-state index is -0.00290. The van der Waals surface area contributed by atoms with Crippen LogP contribution in [0.15, 0.2) is 59.1 Å². The Morgan fingerprint density at radius 2 is 1.66 bits per heavy atom. The second-order valence-corrected chi connectivity index (χ2v) is 9.21. The Morgan fingerprint density at radius 1 is 1.00 bits per heavy atom. The van der Waals surface area contributed by atoms with Crippen molar-refractivity contribution in [1.29, 1.82) is 0 Å². The lowest BCUT2D eigenvalue weighted by atomic mass is 9.64. The minimum Gasteiger partial charge on any atom is -0.355 e. The smallest absolute Gasteiger partial charge is 0.253 e. The number of amides is 2. The highest BCUT2D eigenvalue weighted by atomic mass is 79.9. The summed E-state index contributed by atoms with van der Waals surface area (Å²) in [5, 5.41) is 3.23. The Balaban J connectivity index is 1.29. The molecule has 0 bridgehead atoms. The molecule has 0 unspecified atom stereocenters. The molecule has 152 valence electrons. The lowest BCUT2D eigenvalue weighted by Gasteiger charge is -2.43. The number of nitrogens with one attached hydrogen (secondary N) is 1. The van der Waals surface area contributed by atoms with Gasteiger partial charge in [0.25, 0.3) is 5.91 Å². The van der Waals surface area contributed by atoms with Crippen molar-refractivity contribution in [2.45, 2.75) is 37.5 Å². The van der Waals surface area contributed by atoms with Crippen LogP contribution in [-0.2, 0) is 10.2 Å². The number of piperidine rings is 1. The summed E-state index contributed by atoms with van der Waals surface area (Å²) in [4.78, 5) is 27.3. The van der Waals surface area contributed by atoms with Crippen molar-refractivity contribution in [3.8, 4) is 0 Å². The number of hydrogen-bond acceptors (Lipinski definition) is 2. The molecule has 0 radical (unpaired) electrons. The van der Waals surface area contributed by atoms with Gasteiger partial charge in [-0.3, -0.25) is 9.59 Å². The van der Waals surface area contributed by atoms with Crippen LogP contribution in [0.5, 0.6) is 0 Å². The third-order valence-corrected chi connectivity index (χ3v) is 7.07. The van der Waals surface area contributed by atoms with Crippen molar-refractivity contribution >= 4 is 27.7 Å². The quantitative estimate of drug-likeness (QED) is 0.720. The van der Waals surface area contributed by atoms with Gasteiger partial charge in [-0.1, -0.05) is 52.7 Å². The molecule has 1 saturated carbocycles. The van der Waals surface area contributed by atoms with Gasteiger partial charge >= 0.3 is 0 Å². The molecule has 2 aromatic rings. The van der Waals surface area contributed by atoms with Gasteiger partial charge in [0.15, 0.2) is 0 Å². The van der Waals surface area contributed by atoms with E-state index in [4.69, 9.17) is 0 Å². The van der Waals surface area contributed by atoms with Crippen LogP contribution in [-0.4, -0.2) is 36.3 Å². The second kappa shape index (κ2) is 8.70. The van der Waals surface area contributed by atoms with E-state index in [2.05, 4.69) is 45.5 Å². The normalized spacial score (nSPS) is 18.7. The summed E-state index contributed by atoms with van der Waals surface area (Å²) in [6.07, 6.45) is 4.95. The molecule has 4 rings (SSSR count). The Bertz CT molecular complexity index is 854. The first-order valence-electron chi connectivity index (χ1n) is 10.5. The van der Waals surface area contributed by atoms with Crippen LogP contribution >= 0.6 is 15.9 Å². The van der Waals surface area contributed by atoms with E-state index in [0.29, 0.717) is 25.2 Å². The first-order valence-corrected chi connectivity index (χ1v) is 11.2. The SMILES string of the molecule is O=C(NCC1(c2ccccc2)CCC1)C1CCN(C(=O)c2ccc(Br)cc2)CC1. The van der Waals surface area contributed by atoms with E-state index < -0.39 is 0 Å². The largest absolute Gasteiger partial charge is 0.355 e. The summed E-state index contributed by atoms with van der Waals surface area (Å²) in [7, 11) is 0. The van der Waals surface area contributed by atoms with Crippen LogP contribution in [0.4, 0.5) is 0 Å². The lowest BCUT2D eigenvalue weighted by molar-refractivity contribution is -0.126. The van der Waals surface area contributed by atoms with Crippen LogP contribution in [0.3, 0.4) is 0 Å². The van der Waals surface area contributed by atoms with Gasteiger partial charge in [0, 0.05) is 41.0 Å². The van der Waals surface area contributed by atoms with E-state index in [1.54, 1.807) is 0 Å². The molecule has 1 heterocycles. The molecule has 29 heavy (non-hydrogen) atoms. The fourth-order valence-electron chi connectivity index (χ4n) is 4.48. The predicted octanol–water partition coefficient (Wildman–Crippen LogP) is 4.54. The molecule has 2 fully saturated rings. The van der Waals surface area contributed by atoms with E-state index >= 15 is 0 Å². The van der Waals surface area contributed by atoms with Gasteiger partial charge in [-0.05, 0) is 55.5 Å². The van der Waals surface area contributed by atoms with Crippen LogP contribution < -0.4 is 5.32 Å². The Kier molecular flexibility index (Phi) is 6.04. The molecule has 2 amide bonds. The topological polar surface area (TPSA) is 49.4 Å². The molecule has 5 heteroatoms. The molecule has 2 aliphatic rings. The monoisotopic (exact) mass is 454 g/mol. The molecule has 1 aliphatic carbocycles. The molecule has 1 N–H and O–H groups in total. The first kappa shape index (κ1) is 20.1. The average molecular weight is 455 g/mol. The predicted molar refractivity (Wildman–Crippen MR) is 118 cm³/mol. The van der Waals surface area contributed by atoms with Crippen molar-refractivity contribution in [3.63, 3.8) is 0 Å². The molecular formula is C24H27BrN2O2. The number of halogens is 1. The highest BCUT2D eigenvalue weighted by Crippen LogP contribution is 2.43. The summed E-state index contributed by atoms with van der Waals surface area (Å²) < 4.78 is 0.962. The van der Waals surface area contributed by atoms with E-state index in [0.717, 1.165) is 30.2 Å². The fraction of sp³-hybridized carbons (Fsp3) is 0.417. The maximum Gasteiger partial charge on any atom is 0.253 e. The first-order chi connectivity index (χ1) is 14.1. The van der Waals surface area contributed by atoms with Crippen LogP contribution in [0.1, 0.15) is 48.0 Å². The van der Waals surface area contributed by atoms with Crippen molar-refractivity contribution in [1.82, 2.24) is 10.2 Å². The maximum absolute atomic E-state index is 12.8. The third-order valence-electron chi connectivity index (χ3n) is 6.54. The van der Waals surface area contributed by atoms with Crippen LogP contribution in [0, 0.1) is 5.92 Å². The number of carbonyl (C=O) groups is 2. The fourth-order valence-corrected chi connectivity index (χ4v) is 4.75. The Morgan fingerprint density at radius 3 is 2.24 bits per heavy atom. The molecule has 0 atom stereocenters. The number of benzene rings is 2. The summed E-state index contributed by atoms with van der Waals surface area (Å²) >= 11 is 3.40. The molecular weight excluding hydrogens is 428 g/mol. The molecule has 0 spiro atoms. The summed E-state index contributed by atoms with van der Waals surface area (Å²) in [5.41, 5.74) is 2.14. The molecule has 4 nitrogen and oxygen atoms in total. The third kappa shape index (κ3) is 4.40. The van der Waals surface area contributed by atoms with Gasteiger partial charge in [-0.15, -0.1) is 0 Å². The van der Waals surface area contributed by atoms with Gasteiger partial charge in [-0.2, -0.15) is 0 Å². The van der Waals surface area contributed by atoms with Crippen molar-refractivity contribution in [3.05, 3.63) is 70.2 Å². The Labute approximate surface area is 180 Å². The maximum atomic E-state index is 12.8. The van der Waals surface area contributed by atoms with E-state index in [1.807, 2.05) is 35.2 Å². The van der Waals surface area contributed by atoms with Gasteiger partial charge in [0.2, 0.25) is 5.91 Å². The molecule has 1 aliphatic heterocycles. The van der Waals surface area contributed by atoms with Crippen molar-refractivity contribution in [2.24, 2.45) is 5.92 Å². The summed E-state index contributed by atoms with van der Waals surface area (Å²) in [6, 6.07) is 18.0. The minimum absolute atomic E-state index is 0.00290. The molecule has 1 saturated heterocycles. The van der Waals surface area contributed by atoms with E-state index in [9.17, 15) is 9.59 Å². The number of carbonyl (C=O) groups excluding carboxylic acids is 2. The zero-order valence-corrected chi connectivity index (χ0v) is 18.2. The summed E-state index contributed by atoms with van der Waals surface area (Å²) in [6.45, 7) is 1.99. The zero-order valence-electron chi connectivity index (χ0n) is 16.6. The highest BCUT2D eigenvalue weighted by molar-refractivity contribution is 9.10. The van der Waals surface area contributed by atoms with Crippen LogP contribution in [0.2, 0.25) is 0 Å². The number of nitrogens with zero attached hydrogens (tertiary/aromatic N) is 1.